The van der Waals surface area contributed by atoms with E-state index in [-0.39, 0.29) is 0 Å². The maximum absolute atomic E-state index is 11.1. The summed E-state index contributed by atoms with van der Waals surface area (Å²) < 4.78 is 11.7. The zero-order valence-corrected chi connectivity index (χ0v) is 11.8. The van der Waals surface area contributed by atoms with E-state index in [1.54, 1.807) is 12.1 Å². The minimum absolute atomic E-state index is 0.411. The molecule has 3 aromatic rings. The van der Waals surface area contributed by atoms with Gasteiger partial charge in [-0.25, -0.2) is 4.79 Å². The number of nitrogens with one attached hydrogen (secondary N) is 1. The first-order valence-electron chi connectivity index (χ1n) is 5.47. The molecule has 0 unspecified atom stereocenters. The van der Waals surface area contributed by atoms with Crippen molar-refractivity contribution in [1.29, 1.82) is 0 Å². The molecule has 3 rings (SSSR count). The molecule has 0 radical (unpaired) electrons. The zero-order valence-electron chi connectivity index (χ0n) is 9.64. The highest BCUT2D eigenvalue weighted by atomic mass is 127. The summed E-state index contributed by atoms with van der Waals surface area (Å²) in [6.45, 7) is 0. The third-order valence-electron chi connectivity index (χ3n) is 2.59. The number of nitrogens with two attached hydrogens (primary N) is 1. The molecule has 0 aliphatic carbocycles. The summed E-state index contributed by atoms with van der Waals surface area (Å²) in [6.07, 6.45) is 0. The average Bonchev–Trinajstić information content (AvgIpc) is 2.72. The van der Waals surface area contributed by atoms with E-state index in [9.17, 15) is 4.79 Å². The molecule has 1 aromatic heterocycles. The molecule has 0 spiro atoms. The van der Waals surface area contributed by atoms with E-state index < -0.39 is 5.76 Å². The molecule has 1 heterocycles. The Morgan fingerprint density at radius 3 is 2.68 bits per heavy atom. The lowest BCUT2D eigenvalue weighted by Gasteiger charge is -2.08. The van der Waals surface area contributed by atoms with Crippen molar-refractivity contribution in [2.45, 2.75) is 0 Å². The average molecular weight is 368 g/mol. The number of H-pyrrole nitrogens is 1. The Balaban J connectivity index is 2.02. The Morgan fingerprint density at radius 1 is 1.21 bits per heavy atom. The molecule has 0 saturated heterocycles. The molecule has 0 saturated carbocycles. The fourth-order valence-electron chi connectivity index (χ4n) is 1.71. The van der Waals surface area contributed by atoms with E-state index in [1.165, 1.54) is 0 Å². The summed E-state index contributed by atoms with van der Waals surface area (Å²) in [6, 6.07) is 10.8. The van der Waals surface area contributed by atoms with Gasteiger partial charge in [0.2, 0.25) is 0 Å². The second-order valence-corrected chi connectivity index (χ2v) is 5.20. The van der Waals surface area contributed by atoms with Gasteiger partial charge in [-0.3, -0.25) is 4.98 Å². The second kappa shape index (κ2) is 4.61. The Kier molecular flexibility index (Phi) is 2.94. The highest BCUT2D eigenvalue weighted by molar-refractivity contribution is 14.1. The Bertz CT molecular complexity index is 790. The summed E-state index contributed by atoms with van der Waals surface area (Å²) in [5, 5.41) is 0. The van der Waals surface area contributed by atoms with Gasteiger partial charge in [-0.15, -0.1) is 0 Å². The third kappa shape index (κ3) is 2.43. The number of nitrogen functional groups attached to an aromatic ring is 1. The minimum atomic E-state index is -0.513. The normalized spacial score (nSPS) is 10.8. The van der Waals surface area contributed by atoms with Crippen molar-refractivity contribution in [3.63, 3.8) is 0 Å². The number of anilines is 1. The van der Waals surface area contributed by atoms with E-state index in [0.29, 0.717) is 28.3 Å². The molecule has 0 fully saturated rings. The SMILES string of the molecule is Nc1cc2oc(=O)[nH]c2cc1Oc1ccc(I)cc1. The molecule has 0 amide bonds. The summed E-state index contributed by atoms with van der Waals surface area (Å²) in [4.78, 5) is 13.7. The van der Waals surface area contributed by atoms with E-state index >= 15 is 0 Å². The van der Waals surface area contributed by atoms with Gasteiger partial charge in [-0.1, -0.05) is 0 Å². The van der Waals surface area contributed by atoms with Crippen molar-refractivity contribution in [2.75, 3.05) is 5.73 Å². The predicted octanol–water partition coefficient (Wildman–Crippen LogP) is 3.10. The number of ether oxygens (including phenoxy) is 1. The van der Waals surface area contributed by atoms with E-state index in [2.05, 4.69) is 27.6 Å². The van der Waals surface area contributed by atoms with Gasteiger partial charge in [0.15, 0.2) is 11.3 Å². The molecule has 96 valence electrons. The smallest absolute Gasteiger partial charge is 0.417 e. The van der Waals surface area contributed by atoms with Gasteiger partial charge in [0.05, 0.1) is 11.2 Å². The van der Waals surface area contributed by atoms with E-state index in [0.717, 1.165) is 3.57 Å². The summed E-state index contributed by atoms with van der Waals surface area (Å²) in [5.74, 6) is 0.642. The molecule has 6 heteroatoms. The van der Waals surface area contributed by atoms with Crippen molar-refractivity contribution >= 4 is 39.4 Å². The maximum Gasteiger partial charge on any atom is 0.417 e. The van der Waals surface area contributed by atoms with Gasteiger partial charge in [-0.05, 0) is 46.9 Å². The Hall–Kier alpha value is -1.96. The summed E-state index contributed by atoms with van der Waals surface area (Å²) in [5.41, 5.74) is 7.25. The van der Waals surface area contributed by atoms with E-state index in [4.69, 9.17) is 14.9 Å². The van der Waals surface area contributed by atoms with Crippen molar-refractivity contribution in [3.8, 4) is 11.5 Å². The highest BCUT2D eigenvalue weighted by Crippen LogP contribution is 2.31. The van der Waals surface area contributed by atoms with Crippen LogP contribution in [0.5, 0.6) is 11.5 Å². The lowest BCUT2D eigenvalue weighted by molar-refractivity contribution is 0.485. The van der Waals surface area contributed by atoms with Crippen LogP contribution in [-0.2, 0) is 0 Å². The first kappa shape index (κ1) is 12.1. The topological polar surface area (TPSA) is 81.2 Å². The van der Waals surface area contributed by atoms with Crippen LogP contribution < -0.4 is 16.2 Å². The Labute approximate surface area is 121 Å². The molecule has 19 heavy (non-hydrogen) atoms. The van der Waals surface area contributed by atoms with Gasteiger partial charge in [0, 0.05) is 15.7 Å². The zero-order chi connectivity index (χ0) is 13.4. The van der Waals surface area contributed by atoms with Crippen LogP contribution in [0.1, 0.15) is 0 Å². The van der Waals surface area contributed by atoms with Crippen LogP contribution in [0.2, 0.25) is 0 Å². The first-order valence-corrected chi connectivity index (χ1v) is 6.55. The van der Waals surface area contributed by atoms with Crippen molar-refractivity contribution in [3.05, 3.63) is 50.5 Å². The van der Waals surface area contributed by atoms with Crippen molar-refractivity contribution in [1.82, 2.24) is 4.98 Å². The number of hydrogen-bond acceptors (Lipinski definition) is 4. The minimum Gasteiger partial charge on any atom is -0.455 e. The first-order chi connectivity index (χ1) is 9.11. The van der Waals surface area contributed by atoms with Crippen LogP contribution in [0.15, 0.2) is 45.6 Å². The second-order valence-electron chi connectivity index (χ2n) is 3.96. The van der Waals surface area contributed by atoms with Crippen LogP contribution in [0.25, 0.3) is 11.1 Å². The summed E-state index contributed by atoms with van der Waals surface area (Å²) in [7, 11) is 0. The molecule has 0 bridgehead atoms. The van der Waals surface area contributed by atoms with Crippen LogP contribution in [-0.4, -0.2) is 4.98 Å². The number of halogens is 1. The van der Waals surface area contributed by atoms with Crippen molar-refractivity contribution in [2.24, 2.45) is 0 Å². The lowest BCUT2D eigenvalue weighted by Crippen LogP contribution is -1.93. The lowest BCUT2D eigenvalue weighted by atomic mass is 10.2. The Morgan fingerprint density at radius 2 is 1.95 bits per heavy atom. The predicted molar refractivity (Wildman–Crippen MR) is 80.5 cm³/mol. The third-order valence-corrected chi connectivity index (χ3v) is 3.31. The van der Waals surface area contributed by atoms with Gasteiger partial charge in [0.1, 0.15) is 5.75 Å². The standard InChI is InChI=1S/C13H9IN2O3/c14-7-1-3-8(4-2-7)18-11-6-10-12(5-9(11)15)19-13(17)16-10/h1-6H,15H2,(H,16,17). The number of benzene rings is 2. The fourth-order valence-corrected chi connectivity index (χ4v) is 2.07. The molecule has 0 atom stereocenters. The highest BCUT2D eigenvalue weighted by Gasteiger charge is 2.08. The number of rotatable bonds is 2. The molecule has 3 N–H and O–H groups in total. The number of hydrogen-bond donors (Lipinski definition) is 2. The fraction of sp³-hybridized carbons (Fsp3) is 0. The van der Waals surface area contributed by atoms with Crippen LogP contribution in [0.3, 0.4) is 0 Å². The molecule has 5 nitrogen and oxygen atoms in total. The molecule has 0 aliphatic heterocycles. The van der Waals surface area contributed by atoms with Gasteiger partial charge < -0.3 is 14.9 Å². The van der Waals surface area contributed by atoms with E-state index in [1.807, 2.05) is 24.3 Å². The van der Waals surface area contributed by atoms with Crippen molar-refractivity contribution < 1.29 is 9.15 Å². The van der Waals surface area contributed by atoms with Crippen LogP contribution >= 0.6 is 22.6 Å². The van der Waals surface area contributed by atoms with Crippen LogP contribution in [0, 0.1) is 3.57 Å². The van der Waals surface area contributed by atoms with Gasteiger partial charge >= 0.3 is 5.76 Å². The number of fused-ring (bicyclic) bond motifs is 1. The van der Waals surface area contributed by atoms with Gasteiger partial charge in [0.25, 0.3) is 0 Å². The molecule has 0 aliphatic rings. The quantitative estimate of drug-likeness (QED) is 0.538. The summed E-state index contributed by atoms with van der Waals surface area (Å²) >= 11 is 2.22. The number of aromatic amines is 1. The molecular formula is C13H9IN2O3. The number of aromatic nitrogens is 1. The molecular weight excluding hydrogens is 359 g/mol. The maximum atomic E-state index is 11.1. The monoisotopic (exact) mass is 368 g/mol. The number of oxazole rings is 1. The van der Waals surface area contributed by atoms with Crippen LogP contribution in [0.4, 0.5) is 5.69 Å². The largest absolute Gasteiger partial charge is 0.455 e. The van der Waals surface area contributed by atoms with Gasteiger partial charge in [-0.2, -0.15) is 0 Å². The molecule has 2 aromatic carbocycles.